The van der Waals surface area contributed by atoms with Crippen LogP contribution in [-0.4, -0.2) is 12.5 Å². The van der Waals surface area contributed by atoms with E-state index in [0.717, 1.165) is 31.2 Å². The summed E-state index contributed by atoms with van der Waals surface area (Å²) >= 11 is 0. The molecule has 0 aromatic heterocycles. The van der Waals surface area contributed by atoms with Gasteiger partial charge in [0.25, 0.3) is 0 Å². The summed E-state index contributed by atoms with van der Waals surface area (Å²) < 4.78 is 13.3. The number of nitrogens with two attached hydrogens (primary N) is 1. The van der Waals surface area contributed by atoms with Crippen molar-refractivity contribution < 1.29 is 9.18 Å². The zero-order chi connectivity index (χ0) is 15.5. The number of hydrogen-bond acceptors (Lipinski definition) is 2. The number of halogens is 1. The van der Waals surface area contributed by atoms with Crippen molar-refractivity contribution in [2.24, 2.45) is 17.1 Å². The quantitative estimate of drug-likeness (QED) is 0.895. The number of rotatable bonds is 4. The number of amides is 1. The van der Waals surface area contributed by atoms with Gasteiger partial charge in [0.2, 0.25) is 5.91 Å². The highest BCUT2D eigenvalue weighted by Gasteiger charge is 2.40. The first-order valence-corrected chi connectivity index (χ1v) is 7.73. The van der Waals surface area contributed by atoms with Gasteiger partial charge in [0.15, 0.2) is 0 Å². The predicted molar refractivity (Wildman–Crippen MR) is 82.1 cm³/mol. The summed E-state index contributed by atoms with van der Waals surface area (Å²) in [5, 5.41) is 3.01. The molecule has 2 rings (SSSR count). The van der Waals surface area contributed by atoms with Crippen LogP contribution in [0.3, 0.4) is 0 Å². The SMILES string of the molecule is CC1CCC(CN)(C(=O)N[C@H](C)c2cccc(F)c2)CC1. The van der Waals surface area contributed by atoms with E-state index in [1.807, 2.05) is 13.0 Å². The van der Waals surface area contributed by atoms with Crippen LogP contribution in [0.15, 0.2) is 24.3 Å². The van der Waals surface area contributed by atoms with E-state index in [-0.39, 0.29) is 17.8 Å². The van der Waals surface area contributed by atoms with Crippen molar-refractivity contribution in [3.63, 3.8) is 0 Å². The Balaban J connectivity index is 2.05. The fraction of sp³-hybridized carbons (Fsp3) is 0.588. The number of carbonyl (C=O) groups excluding carboxylic acids is 1. The second-order valence-electron chi connectivity index (χ2n) is 6.42. The van der Waals surface area contributed by atoms with Crippen LogP contribution in [0.1, 0.15) is 51.1 Å². The molecule has 1 aliphatic rings. The first-order chi connectivity index (χ1) is 9.97. The fourth-order valence-corrected chi connectivity index (χ4v) is 3.05. The second kappa shape index (κ2) is 6.56. The van der Waals surface area contributed by atoms with Crippen LogP contribution in [-0.2, 0) is 4.79 Å². The molecule has 1 aromatic carbocycles. The Kier molecular flexibility index (Phi) is 4.99. The third kappa shape index (κ3) is 3.62. The maximum Gasteiger partial charge on any atom is 0.227 e. The second-order valence-corrected chi connectivity index (χ2v) is 6.42. The van der Waals surface area contributed by atoms with Crippen LogP contribution < -0.4 is 11.1 Å². The summed E-state index contributed by atoms with van der Waals surface area (Å²) in [7, 11) is 0. The Bertz CT molecular complexity index is 495. The lowest BCUT2D eigenvalue weighted by Gasteiger charge is -2.38. The third-order valence-corrected chi connectivity index (χ3v) is 4.80. The average molecular weight is 292 g/mol. The van der Waals surface area contributed by atoms with Gasteiger partial charge in [0, 0.05) is 6.54 Å². The molecule has 3 nitrogen and oxygen atoms in total. The molecular formula is C17H25FN2O. The molecule has 116 valence electrons. The van der Waals surface area contributed by atoms with Gasteiger partial charge in [-0.1, -0.05) is 19.1 Å². The molecule has 0 spiro atoms. The molecule has 1 aromatic rings. The first kappa shape index (κ1) is 16.0. The molecule has 0 bridgehead atoms. The highest BCUT2D eigenvalue weighted by atomic mass is 19.1. The Morgan fingerprint density at radius 3 is 2.71 bits per heavy atom. The van der Waals surface area contributed by atoms with Crippen LogP contribution in [0.2, 0.25) is 0 Å². The van der Waals surface area contributed by atoms with Crippen molar-refractivity contribution in [2.45, 2.75) is 45.6 Å². The number of carbonyl (C=O) groups is 1. The fourth-order valence-electron chi connectivity index (χ4n) is 3.05. The van der Waals surface area contributed by atoms with E-state index in [9.17, 15) is 9.18 Å². The van der Waals surface area contributed by atoms with E-state index >= 15 is 0 Å². The molecule has 0 radical (unpaired) electrons. The van der Waals surface area contributed by atoms with E-state index in [2.05, 4.69) is 12.2 Å². The molecule has 1 saturated carbocycles. The summed E-state index contributed by atoms with van der Waals surface area (Å²) in [5.74, 6) is 0.389. The van der Waals surface area contributed by atoms with E-state index in [4.69, 9.17) is 5.73 Å². The standard InChI is InChI=1S/C17H25FN2O/c1-12-6-8-17(11-19,9-7-12)16(21)20-13(2)14-4-3-5-15(18)10-14/h3-5,10,12-13H,6-9,11,19H2,1-2H3,(H,20,21)/t12?,13-,17?/m1/s1. The van der Waals surface area contributed by atoms with E-state index in [1.165, 1.54) is 12.1 Å². The molecule has 1 amide bonds. The summed E-state index contributed by atoms with van der Waals surface area (Å²) in [5.41, 5.74) is 6.23. The van der Waals surface area contributed by atoms with Gasteiger partial charge < -0.3 is 11.1 Å². The van der Waals surface area contributed by atoms with Gasteiger partial charge in [-0.15, -0.1) is 0 Å². The monoisotopic (exact) mass is 292 g/mol. The summed E-state index contributed by atoms with van der Waals surface area (Å²) in [6, 6.07) is 6.14. The van der Waals surface area contributed by atoms with Gasteiger partial charge in [-0.25, -0.2) is 4.39 Å². The highest BCUT2D eigenvalue weighted by molar-refractivity contribution is 5.83. The normalized spacial score (nSPS) is 27.1. The van der Waals surface area contributed by atoms with Gasteiger partial charge in [-0.05, 0) is 56.2 Å². The van der Waals surface area contributed by atoms with Gasteiger partial charge >= 0.3 is 0 Å². The average Bonchev–Trinajstić information content (AvgIpc) is 2.48. The van der Waals surface area contributed by atoms with Gasteiger partial charge in [0.1, 0.15) is 5.82 Å². The Morgan fingerprint density at radius 2 is 2.14 bits per heavy atom. The Hall–Kier alpha value is -1.42. The number of hydrogen-bond donors (Lipinski definition) is 2. The van der Waals surface area contributed by atoms with Crippen molar-refractivity contribution in [1.82, 2.24) is 5.32 Å². The summed E-state index contributed by atoms with van der Waals surface area (Å²) in [6.07, 6.45) is 3.76. The van der Waals surface area contributed by atoms with Crippen molar-refractivity contribution in [3.05, 3.63) is 35.6 Å². The number of benzene rings is 1. The maximum absolute atomic E-state index is 13.3. The minimum Gasteiger partial charge on any atom is -0.349 e. The molecule has 1 atom stereocenters. The summed E-state index contributed by atoms with van der Waals surface area (Å²) in [4.78, 5) is 12.6. The van der Waals surface area contributed by atoms with Gasteiger partial charge in [-0.2, -0.15) is 0 Å². The van der Waals surface area contributed by atoms with Crippen molar-refractivity contribution in [1.29, 1.82) is 0 Å². The van der Waals surface area contributed by atoms with Gasteiger partial charge in [-0.3, -0.25) is 4.79 Å². The van der Waals surface area contributed by atoms with Crippen LogP contribution in [0.25, 0.3) is 0 Å². The topological polar surface area (TPSA) is 55.1 Å². The maximum atomic E-state index is 13.3. The molecule has 1 fully saturated rings. The molecule has 0 heterocycles. The summed E-state index contributed by atoms with van der Waals surface area (Å²) in [6.45, 7) is 4.47. The van der Waals surface area contributed by atoms with E-state index in [0.29, 0.717) is 12.5 Å². The lowest BCUT2D eigenvalue weighted by Crippen LogP contribution is -2.48. The van der Waals surface area contributed by atoms with Crippen molar-refractivity contribution >= 4 is 5.91 Å². The van der Waals surface area contributed by atoms with Crippen molar-refractivity contribution in [3.8, 4) is 0 Å². The third-order valence-electron chi connectivity index (χ3n) is 4.80. The minimum absolute atomic E-state index is 0.00802. The zero-order valence-electron chi connectivity index (χ0n) is 12.9. The smallest absolute Gasteiger partial charge is 0.227 e. The molecule has 4 heteroatoms. The molecule has 0 saturated heterocycles. The molecule has 1 aliphatic carbocycles. The molecule has 0 unspecified atom stereocenters. The number of nitrogens with one attached hydrogen (secondary N) is 1. The Labute approximate surface area is 126 Å². The van der Waals surface area contributed by atoms with Crippen LogP contribution >= 0.6 is 0 Å². The first-order valence-electron chi connectivity index (χ1n) is 7.73. The van der Waals surface area contributed by atoms with Crippen molar-refractivity contribution in [2.75, 3.05) is 6.54 Å². The molecule has 3 N–H and O–H groups in total. The lowest BCUT2D eigenvalue weighted by molar-refractivity contribution is -0.133. The molecular weight excluding hydrogens is 267 g/mol. The Morgan fingerprint density at radius 1 is 1.48 bits per heavy atom. The molecule has 0 aliphatic heterocycles. The van der Waals surface area contributed by atoms with E-state index in [1.54, 1.807) is 6.07 Å². The molecule has 21 heavy (non-hydrogen) atoms. The van der Waals surface area contributed by atoms with Crippen LogP contribution in [0.4, 0.5) is 4.39 Å². The minimum atomic E-state index is -0.450. The lowest BCUT2D eigenvalue weighted by atomic mass is 9.70. The van der Waals surface area contributed by atoms with Gasteiger partial charge in [0.05, 0.1) is 11.5 Å². The highest BCUT2D eigenvalue weighted by Crippen LogP contribution is 2.38. The largest absolute Gasteiger partial charge is 0.349 e. The van der Waals surface area contributed by atoms with Crippen LogP contribution in [0, 0.1) is 17.2 Å². The van der Waals surface area contributed by atoms with E-state index < -0.39 is 5.41 Å². The zero-order valence-corrected chi connectivity index (χ0v) is 12.9. The predicted octanol–water partition coefficient (Wildman–Crippen LogP) is 3.16. The van der Waals surface area contributed by atoms with Crippen LogP contribution in [0.5, 0.6) is 0 Å².